The van der Waals surface area contributed by atoms with E-state index in [0.29, 0.717) is 28.8 Å². The lowest BCUT2D eigenvalue weighted by atomic mass is 10.0. The number of aromatic nitrogens is 4. The van der Waals surface area contributed by atoms with Gasteiger partial charge < -0.3 is 15.5 Å². The Kier molecular flexibility index (Phi) is 6.94. The number of piperidine rings is 1. The van der Waals surface area contributed by atoms with E-state index < -0.39 is 0 Å². The first-order valence-electron chi connectivity index (χ1n) is 8.92. The van der Waals surface area contributed by atoms with Gasteiger partial charge in [0.25, 0.3) is 0 Å². The first kappa shape index (κ1) is 19.5. The van der Waals surface area contributed by atoms with Crippen LogP contribution in [0.15, 0.2) is 47.4 Å². The summed E-state index contributed by atoms with van der Waals surface area (Å²) in [4.78, 5) is 20.1. The second-order valence-electron chi connectivity index (χ2n) is 6.18. The maximum atomic E-state index is 5.30. The minimum absolute atomic E-state index is 0.443. The molecule has 2 aromatic rings. The highest BCUT2D eigenvalue weighted by molar-refractivity contribution is 7.99. The largest absolute Gasteiger partial charge is 0.359 e. The molecule has 0 bridgehead atoms. The Morgan fingerprint density at radius 1 is 1.37 bits per heavy atom. The average molecular weight is 402 g/mol. The zero-order valence-electron chi connectivity index (χ0n) is 15.3. The van der Waals surface area contributed by atoms with Crippen LogP contribution in [-0.2, 0) is 0 Å². The highest BCUT2D eigenvalue weighted by Gasteiger charge is 2.21. The van der Waals surface area contributed by atoms with Gasteiger partial charge in [-0.2, -0.15) is 4.98 Å². The second-order valence-corrected chi connectivity index (χ2v) is 7.58. The van der Waals surface area contributed by atoms with Crippen LogP contribution in [0, 0.1) is 0 Å². The summed E-state index contributed by atoms with van der Waals surface area (Å²) in [6, 6.07) is 4.23. The lowest BCUT2D eigenvalue weighted by Crippen LogP contribution is -2.38. The van der Waals surface area contributed by atoms with Gasteiger partial charge in [-0.25, -0.2) is 15.0 Å². The molecule has 27 heavy (non-hydrogen) atoms. The molecule has 1 saturated heterocycles. The van der Waals surface area contributed by atoms with Crippen molar-refractivity contribution in [3.8, 4) is 0 Å². The molecule has 0 aromatic carbocycles. The van der Waals surface area contributed by atoms with Gasteiger partial charge >= 0.3 is 0 Å². The van der Waals surface area contributed by atoms with Crippen LogP contribution in [0.3, 0.4) is 0 Å². The standard InChI is InChI=1S/C18H23N7S2/c1-3-8-19-17(26)24-16-22-14(25-11-5-4-7-13(25)2)12-15(23-16)27-18-20-9-6-10-21-18/h3,6,9-10,12-13H,1,4-5,7-8,11H2,2H3,(H2,19,22,23,24,26)/t13-/m0/s1. The van der Waals surface area contributed by atoms with Crippen LogP contribution in [-0.4, -0.2) is 44.2 Å². The maximum absolute atomic E-state index is 5.30. The Hall–Kier alpha value is -2.26. The summed E-state index contributed by atoms with van der Waals surface area (Å²) in [7, 11) is 0. The van der Waals surface area contributed by atoms with Crippen molar-refractivity contribution in [2.45, 2.75) is 42.4 Å². The van der Waals surface area contributed by atoms with Crippen LogP contribution in [0.5, 0.6) is 0 Å². The molecule has 0 unspecified atom stereocenters. The highest BCUT2D eigenvalue weighted by atomic mass is 32.2. The minimum Gasteiger partial charge on any atom is -0.359 e. The predicted octanol–water partition coefficient (Wildman–Crippen LogP) is 3.27. The average Bonchev–Trinajstić information content (AvgIpc) is 2.67. The predicted molar refractivity (Wildman–Crippen MR) is 113 cm³/mol. The van der Waals surface area contributed by atoms with Gasteiger partial charge in [-0.05, 0) is 56.2 Å². The van der Waals surface area contributed by atoms with Crippen LogP contribution < -0.4 is 15.5 Å². The molecule has 0 radical (unpaired) electrons. The van der Waals surface area contributed by atoms with Gasteiger partial charge in [0, 0.05) is 37.6 Å². The third kappa shape index (κ3) is 5.61. The van der Waals surface area contributed by atoms with Crippen molar-refractivity contribution in [2.75, 3.05) is 23.3 Å². The fourth-order valence-electron chi connectivity index (χ4n) is 2.85. The number of hydrogen-bond acceptors (Lipinski definition) is 7. The lowest BCUT2D eigenvalue weighted by Gasteiger charge is -2.34. The minimum atomic E-state index is 0.443. The third-order valence-corrected chi connectivity index (χ3v) is 5.21. The zero-order chi connectivity index (χ0) is 19.1. The number of thiocarbonyl (C=S) groups is 1. The van der Waals surface area contributed by atoms with Gasteiger partial charge in [-0.15, -0.1) is 6.58 Å². The topological polar surface area (TPSA) is 78.9 Å². The Balaban J connectivity index is 1.86. The third-order valence-electron chi connectivity index (χ3n) is 4.16. The van der Waals surface area contributed by atoms with E-state index in [1.54, 1.807) is 24.5 Å². The summed E-state index contributed by atoms with van der Waals surface area (Å²) in [5, 5.41) is 7.99. The fourth-order valence-corrected chi connectivity index (χ4v) is 3.73. The molecule has 142 valence electrons. The summed E-state index contributed by atoms with van der Waals surface area (Å²) in [6.07, 6.45) is 8.77. The molecule has 7 nitrogen and oxygen atoms in total. The smallest absolute Gasteiger partial charge is 0.232 e. The quantitative estimate of drug-likeness (QED) is 0.328. The van der Waals surface area contributed by atoms with Crippen LogP contribution >= 0.6 is 24.0 Å². The Morgan fingerprint density at radius 3 is 2.93 bits per heavy atom. The molecular formula is C18H23N7S2. The summed E-state index contributed by atoms with van der Waals surface area (Å²) in [6.45, 7) is 7.48. The van der Waals surface area contributed by atoms with Crippen molar-refractivity contribution in [3.05, 3.63) is 37.2 Å². The SMILES string of the molecule is C=CCNC(=S)Nc1nc(Sc2ncccn2)cc(N2CCCC[C@@H]2C)n1. The fraction of sp³-hybridized carbons (Fsp3) is 0.389. The lowest BCUT2D eigenvalue weighted by molar-refractivity contribution is 0.480. The van der Waals surface area contributed by atoms with Crippen LogP contribution in [0.1, 0.15) is 26.2 Å². The summed E-state index contributed by atoms with van der Waals surface area (Å²) < 4.78 is 0. The van der Waals surface area contributed by atoms with E-state index in [1.807, 2.05) is 6.07 Å². The van der Waals surface area contributed by atoms with E-state index >= 15 is 0 Å². The van der Waals surface area contributed by atoms with E-state index in [0.717, 1.165) is 23.8 Å². The molecule has 3 heterocycles. The van der Waals surface area contributed by atoms with E-state index in [4.69, 9.17) is 17.2 Å². The van der Waals surface area contributed by atoms with Crippen LogP contribution in [0.25, 0.3) is 0 Å². The summed E-state index contributed by atoms with van der Waals surface area (Å²) in [5.74, 6) is 1.36. The van der Waals surface area contributed by atoms with Gasteiger partial charge in [-0.3, -0.25) is 0 Å². The number of nitrogens with zero attached hydrogens (tertiary/aromatic N) is 5. The molecule has 0 aliphatic carbocycles. The van der Waals surface area contributed by atoms with E-state index in [2.05, 4.69) is 44.0 Å². The second kappa shape index (κ2) is 9.61. The van der Waals surface area contributed by atoms with Crippen molar-refractivity contribution in [1.29, 1.82) is 0 Å². The molecule has 1 fully saturated rings. The van der Waals surface area contributed by atoms with Crippen molar-refractivity contribution in [2.24, 2.45) is 0 Å². The maximum Gasteiger partial charge on any atom is 0.232 e. The van der Waals surface area contributed by atoms with Gasteiger partial charge in [0.05, 0.1) is 0 Å². The van der Waals surface area contributed by atoms with E-state index in [9.17, 15) is 0 Å². The summed E-state index contributed by atoms with van der Waals surface area (Å²) in [5.41, 5.74) is 0. The molecule has 1 aliphatic heterocycles. The Bertz CT molecular complexity index is 785. The van der Waals surface area contributed by atoms with Crippen molar-refractivity contribution >= 4 is 40.9 Å². The number of hydrogen-bond donors (Lipinski definition) is 2. The van der Waals surface area contributed by atoms with Crippen molar-refractivity contribution < 1.29 is 0 Å². The Morgan fingerprint density at radius 2 is 2.19 bits per heavy atom. The first-order valence-corrected chi connectivity index (χ1v) is 10.1. The zero-order valence-corrected chi connectivity index (χ0v) is 16.9. The van der Waals surface area contributed by atoms with Crippen LogP contribution in [0.2, 0.25) is 0 Å². The monoisotopic (exact) mass is 401 g/mol. The van der Waals surface area contributed by atoms with E-state index in [1.165, 1.54) is 24.6 Å². The molecule has 9 heteroatoms. The van der Waals surface area contributed by atoms with Gasteiger partial charge in [-0.1, -0.05) is 6.08 Å². The van der Waals surface area contributed by atoms with E-state index in [-0.39, 0.29) is 0 Å². The first-order chi connectivity index (χ1) is 13.2. The Labute approximate surface area is 169 Å². The molecule has 2 aromatic heterocycles. The molecular weight excluding hydrogens is 378 g/mol. The number of anilines is 2. The molecule has 0 amide bonds. The normalized spacial score (nSPS) is 16.6. The molecule has 1 atom stereocenters. The highest BCUT2D eigenvalue weighted by Crippen LogP contribution is 2.29. The van der Waals surface area contributed by atoms with Crippen molar-refractivity contribution in [3.63, 3.8) is 0 Å². The van der Waals surface area contributed by atoms with Gasteiger partial charge in [0.15, 0.2) is 10.3 Å². The number of rotatable bonds is 6. The summed E-state index contributed by atoms with van der Waals surface area (Å²) >= 11 is 6.71. The molecule has 0 saturated carbocycles. The molecule has 2 N–H and O–H groups in total. The molecule has 0 spiro atoms. The number of nitrogens with one attached hydrogen (secondary N) is 2. The van der Waals surface area contributed by atoms with Gasteiger partial charge in [0.1, 0.15) is 10.8 Å². The molecule has 3 rings (SSSR count). The van der Waals surface area contributed by atoms with Gasteiger partial charge in [0.2, 0.25) is 5.95 Å². The van der Waals surface area contributed by atoms with Crippen LogP contribution in [0.4, 0.5) is 11.8 Å². The molecule has 1 aliphatic rings. The van der Waals surface area contributed by atoms with Crippen molar-refractivity contribution in [1.82, 2.24) is 25.3 Å².